The molecule has 0 spiro atoms. The molecule has 0 saturated heterocycles. The van der Waals surface area contributed by atoms with Crippen molar-refractivity contribution < 1.29 is 9.53 Å². The first-order chi connectivity index (χ1) is 8.62. The summed E-state index contributed by atoms with van der Waals surface area (Å²) in [5.74, 6) is 0. The van der Waals surface area contributed by atoms with Gasteiger partial charge in [-0.3, -0.25) is 4.79 Å². The van der Waals surface area contributed by atoms with E-state index in [4.69, 9.17) is 5.73 Å². The Labute approximate surface area is 112 Å². The highest BCUT2D eigenvalue weighted by Crippen LogP contribution is 2.26. The van der Waals surface area contributed by atoms with Crippen LogP contribution in [0, 0.1) is 0 Å². The van der Waals surface area contributed by atoms with E-state index in [2.05, 4.69) is 10.8 Å². The molecule has 3 nitrogen and oxygen atoms in total. The number of methoxy groups -OCH3 is 1. The Morgan fingerprint density at radius 3 is 2.61 bits per heavy atom. The topological polar surface area (TPSA) is 52.3 Å². The average Bonchev–Trinajstić information content (AvgIpc) is 2.80. The first-order valence-electron chi connectivity index (χ1n) is 5.85. The summed E-state index contributed by atoms with van der Waals surface area (Å²) < 4.78 is 5.67. The fraction of sp³-hybridized carbons (Fsp3) is 0.357. The summed E-state index contributed by atoms with van der Waals surface area (Å²) in [6.45, 7) is 4.73. The highest BCUT2D eigenvalue weighted by Gasteiger charge is 2.04. The smallest absolute Gasteiger partial charge is 0.160 e. The van der Waals surface area contributed by atoms with Crippen molar-refractivity contribution in [3.8, 4) is 0 Å². The van der Waals surface area contributed by atoms with E-state index in [1.165, 1.54) is 11.3 Å². The maximum absolute atomic E-state index is 10.6. The fourth-order valence-electron chi connectivity index (χ4n) is 1.41. The van der Waals surface area contributed by atoms with E-state index >= 15 is 0 Å². The number of aldehydes is 1. The second-order valence-corrected chi connectivity index (χ2v) is 5.05. The minimum absolute atomic E-state index is 0.0428. The van der Waals surface area contributed by atoms with Gasteiger partial charge in [0, 0.05) is 24.5 Å². The average molecular weight is 265 g/mol. The van der Waals surface area contributed by atoms with Crippen molar-refractivity contribution in [2.75, 3.05) is 13.7 Å². The van der Waals surface area contributed by atoms with Crippen LogP contribution in [0.1, 0.15) is 35.1 Å². The molecule has 1 aromatic heterocycles. The predicted octanol–water partition coefficient (Wildman–Crippen LogP) is 3.39. The molecule has 0 amide bonds. The number of hydrogen-bond donors (Lipinski definition) is 1. The van der Waals surface area contributed by atoms with Gasteiger partial charge in [-0.15, -0.1) is 11.3 Å². The van der Waals surface area contributed by atoms with E-state index < -0.39 is 0 Å². The van der Waals surface area contributed by atoms with Crippen molar-refractivity contribution in [2.24, 2.45) is 5.73 Å². The van der Waals surface area contributed by atoms with Crippen LogP contribution in [0.3, 0.4) is 0 Å². The maximum atomic E-state index is 10.6. The minimum atomic E-state index is 0.0428. The van der Waals surface area contributed by atoms with E-state index in [9.17, 15) is 4.79 Å². The normalized spacial score (nSPS) is 11.8. The molecule has 0 aliphatic heterocycles. The quantitative estimate of drug-likeness (QED) is 0.865. The molecule has 2 N–H and O–H groups in total. The maximum Gasteiger partial charge on any atom is 0.160 e. The van der Waals surface area contributed by atoms with E-state index in [1.54, 1.807) is 7.11 Å². The Morgan fingerprint density at radius 2 is 2.11 bits per heavy atom. The van der Waals surface area contributed by atoms with Crippen molar-refractivity contribution in [1.82, 2.24) is 0 Å². The number of fused-ring (bicyclic) bond motifs is 1. The number of carbonyl (C=O) groups is 1. The Morgan fingerprint density at radius 1 is 1.44 bits per heavy atom. The van der Waals surface area contributed by atoms with Gasteiger partial charge in [0.1, 0.15) is 0 Å². The SMILES string of the molecule is CC(N)c1ccc2cc(C=O)sc2c1.CCOC. The van der Waals surface area contributed by atoms with Gasteiger partial charge < -0.3 is 10.5 Å². The van der Waals surface area contributed by atoms with Gasteiger partial charge in [-0.25, -0.2) is 0 Å². The van der Waals surface area contributed by atoms with Crippen LogP contribution in [0.5, 0.6) is 0 Å². The van der Waals surface area contributed by atoms with E-state index in [-0.39, 0.29) is 6.04 Å². The summed E-state index contributed by atoms with van der Waals surface area (Å²) in [5, 5.41) is 1.11. The molecule has 1 heterocycles. The number of nitrogens with two attached hydrogens (primary N) is 1. The van der Waals surface area contributed by atoms with Crippen LogP contribution in [0.2, 0.25) is 0 Å². The number of ether oxygens (including phenoxy) is 1. The van der Waals surface area contributed by atoms with Gasteiger partial charge in [0.05, 0.1) is 4.88 Å². The Bertz CT molecular complexity index is 503. The second-order valence-electron chi connectivity index (χ2n) is 3.93. The number of benzene rings is 1. The molecule has 4 heteroatoms. The van der Waals surface area contributed by atoms with Crippen molar-refractivity contribution >= 4 is 27.7 Å². The molecule has 0 saturated carbocycles. The second kappa shape index (κ2) is 7.26. The molecule has 0 aliphatic rings. The van der Waals surface area contributed by atoms with Crippen molar-refractivity contribution in [3.05, 3.63) is 34.7 Å². The molecule has 0 aliphatic carbocycles. The zero-order valence-electron chi connectivity index (χ0n) is 11.0. The van der Waals surface area contributed by atoms with Crippen molar-refractivity contribution in [1.29, 1.82) is 0 Å². The molecule has 98 valence electrons. The van der Waals surface area contributed by atoms with Gasteiger partial charge in [-0.05, 0) is 36.9 Å². The first kappa shape index (κ1) is 14.8. The number of thiophene rings is 1. The Balaban J connectivity index is 0.000000357. The zero-order chi connectivity index (χ0) is 13.5. The van der Waals surface area contributed by atoms with Crippen molar-refractivity contribution in [2.45, 2.75) is 19.9 Å². The lowest BCUT2D eigenvalue weighted by atomic mass is 10.1. The zero-order valence-corrected chi connectivity index (χ0v) is 11.8. The molecule has 18 heavy (non-hydrogen) atoms. The van der Waals surface area contributed by atoms with Crippen LogP contribution in [-0.4, -0.2) is 20.0 Å². The molecular formula is C14H19NO2S. The molecule has 0 fully saturated rings. The minimum Gasteiger partial charge on any atom is -0.385 e. The molecular weight excluding hydrogens is 246 g/mol. The van der Waals surface area contributed by atoms with Crippen molar-refractivity contribution in [3.63, 3.8) is 0 Å². The summed E-state index contributed by atoms with van der Waals surface area (Å²) in [6, 6.07) is 8.02. The molecule has 2 rings (SSSR count). The van der Waals surface area contributed by atoms with Crippen LogP contribution in [0.15, 0.2) is 24.3 Å². The monoisotopic (exact) mass is 265 g/mol. The van der Waals surface area contributed by atoms with Crippen LogP contribution < -0.4 is 5.73 Å². The van der Waals surface area contributed by atoms with Gasteiger partial charge >= 0.3 is 0 Å². The Hall–Kier alpha value is -1.23. The number of carbonyl (C=O) groups excluding carboxylic acids is 1. The van der Waals surface area contributed by atoms with Gasteiger partial charge in [-0.2, -0.15) is 0 Å². The van der Waals surface area contributed by atoms with Crippen LogP contribution in [0.25, 0.3) is 10.1 Å². The van der Waals surface area contributed by atoms with Gasteiger partial charge in [0.15, 0.2) is 6.29 Å². The standard InChI is InChI=1S/C11H11NOS.C3H8O/c1-7(12)8-2-3-9-4-10(6-13)14-11(9)5-8;1-3-4-2/h2-7H,12H2,1H3;3H2,1-2H3. The highest BCUT2D eigenvalue weighted by molar-refractivity contribution is 7.20. The first-order valence-corrected chi connectivity index (χ1v) is 6.67. The van der Waals surface area contributed by atoms with Crippen LogP contribution in [0.4, 0.5) is 0 Å². The summed E-state index contributed by atoms with van der Waals surface area (Å²) >= 11 is 1.51. The molecule has 2 aromatic rings. The lowest BCUT2D eigenvalue weighted by molar-refractivity contribution is 0.112. The van der Waals surface area contributed by atoms with Gasteiger partial charge in [0.25, 0.3) is 0 Å². The van der Waals surface area contributed by atoms with E-state index in [0.717, 1.165) is 33.4 Å². The van der Waals surface area contributed by atoms with Gasteiger partial charge in [-0.1, -0.05) is 12.1 Å². The fourth-order valence-corrected chi connectivity index (χ4v) is 2.34. The lowest BCUT2D eigenvalue weighted by Crippen LogP contribution is -2.03. The van der Waals surface area contributed by atoms with Gasteiger partial charge in [0.2, 0.25) is 0 Å². The third-order valence-electron chi connectivity index (χ3n) is 2.49. The molecule has 1 unspecified atom stereocenters. The lowest BCUT2D eigenvalue weighted by Gasteiger charge is -2.04. The summed E-state index contributed by atoms with van der Waals surface area (Å²) in [5.41, 5.74) is 6.89. The molecule has 1 aromatic carbocycles. The van der Waals surface area contributed by atoms with E-state index in [0.29, 0.717) is 0 Å². The third kappa shape index (κ3) is 3.91. The highest BCUT2D eigenvalue weighted by atomic mass is 32.1. The van der Waals surface area contributed by atoms with Crippen LogP contribution >= 0.6 is 11.3 Å². The predicted molar refractivity (Wildman–Crippen MR) is 77.4 cm³/mol. The summed E-state index contributed by atoms with van der Waals surface area (Å²) in [7, 11) is 1.68. The molecule has 1 atom stereocenters. The third-order valence-corrected chi connectivity index (χ3v) is 3.52. The number of rotatable bonds is 3. The van der Waals surface area contributed by atoms with Crippen LogP contribution in [-0.2, 0) is 4.74 Å². The largest absolute Gasteiger partial charge is 0.385 e. The van der Waals surface area contributed by atoms with E-state index in [1.807, 2.05) is 32.0 Å². The molecule has 0 radical (unpaired) electrons. The number of hydrogen-bond acceptors (Lipinski definition) is 4. The Kier molecular flexibility index (Phi) is 5.98. The summed E-state index contributed by atoms with van der Waals surface area (Å²) in [6.07, 6.45) is 0.885. The summed E-state index contributed by atoms with van der Waals surface area (Å²) in [4.78, 5) is 11.3. The molecule has 0 bridgehead atoms.